The summed E-state index contributed by atoms with van der Waals surface area (Å²) in [7, 11) is 0. The minimum atomic E-state index is 0.110. The van der Waals surface area contributed by atoms with Crippen molar-refractivity contribution in [3.8, 4) is 0 Å². The van der Waals surface area contributed by atoms with Crippen LogP contribution in [0.15, 0.2) is 6.07 Å². The summed E-state index contributed by atoms with van der Waals surface area (Å²) in [6.07, 6.45) is 2.74. The van der Waals surface area contributed by atoms with Crippen molar-refractivity contribution in [2.24, 2.45) is 0 Å². The van der Waals surface area contributed by atoms with E-state index in [0.717, 1.165) is 23.7 Å². The topological polar surface area (TPSA) is 41.1 Å². The quantitative estimate of drug-likeness (QED) is 0.874. The molecule has 3 nitrogen and oxygen atoms in total. The predicted molar refractivity (Wildman–Crippen MR) is 76.3 cm³/mol. The second kappa shape index (κ2) is 6.04. The Morgan fingerprint density at radius 2 is 2.39 bits per heavy atom. The number of fused-ring (bicyclic) bond motifs is 1. The van der Waals surface area contributed by atoms with Gasteiger partial charge in [0.15, 0.2) is 0 Å². The highest BCUT2D eigenvalue weighted by molar-refractivity contribution is 7.16. The Balaban J connectivity index is 1.77. The lowest BCUT2D eigenvalue weighted by atomic mass is 10.2. The fraction of sp³-hybridized carbons (Fsp3) is 0.615. The van der Waals surface area contributed by atoms with Crippen molar-refractivity contribution in [2.45, 2.75) is 45.2 Å². The van der Waals surface area contributed by atoms with Crippen molar-refractivity contribution in [3.63, 3.8) is 0 Å². The van der Waals surface area contributed by atoms with E-state index in [0.29, 0.717) is 12.5 Å². The Labute approximate surface area is 117 Å². The maximum absolute atomic E-state index is 11.5. The van der Waals surface area contributed by atoms with E-state index in [-0.39, 0.29) is 11.9 Å². The molecule has 1 aliphatic carbocycles. The molecule has 2 rings (SSSR count). The van der Waals surface area contributed by atoms with Crippen LogP contribution in [0, 0.1) is 0 Å². The molecule has 1 atom stereocenters. The van der Waals surface area contributed by atoms with Crippen molar-refractivity contribution in [1.29, 1.82) is 0 Å². The molecule has 0 aromatic carbocycles. The van der Waals surface area contributed by atoms with Gasteiger partial charge in [0.2, 0.25) is 5.91 Å². The molecule has 0 saturated carbocycles. The van der Waals surface area contributed by atoms with Gasteiger partial charge in [-0.15, -0.1) is 11.3 Å². The van der Waals surface area contributed by atoms with Gasteiger partial charge in [0.25, 0.3) is 0 Å². The molecular weight excluding hydrogens is 268 g/mol. The van der Waals surface area contributed by atoms with Crippen molar-refractivity contribution >= 4 is 28.8 Å². The van der Waals surface area contributed by atoms with E-state index >= 15 is 0 Å². The summed E-state index contributed by atoms with van der Waals surface area (Å²) >= 11 is 7.69. The predicted octanol–water partition coefficient (Wildman–Crippen LogP) is 2.89. The molecule has 1 amide bonds. The van der Waals surface area contributed by atoms with Gasteiger partial charge in [-0.25, -0.2) is 0 Å². The third-order valence-corrected chi connectivity index (χ3v) is 4.38. The molecule has 0 aliphatic heterocycles. The van der Waals surface area contributed by atoms with Crippen molar-refractivity contribution < 1.29 is 4.79 Å². The molecule has 2 N–H and O–H groups in total. The molecule has 100 valence electrons. The summed E-state index contributed by atoms with van der Waals surface area (Å²) in [5, 5.41) is 6.34. The van der Waals surface area contributed by atoms with Crippen LogP contribution in [0.2, 0.25) is 4.34 Å². The van der Waals surface area contributed by atoms with Gasteiger partial charge >= 0.3 is 0 Å². The number of amides is 1. The van der Waals surface area contributed by atoms with Gasteiger partial charge in [0.05, 0.1) is 4.34 Å². The van der Waals surface area contributed by atoms with Crippen LogP contribution in [0.4, 0.5) is 0 Å². The first-order valence-corrected chi connectivity index (χ1v) is 7.56. The number of halogens is 1. The van der Waals surface area contributed by atoms with Crippen LogP contribution in [-0.4, -0.2) is 18.5 Å². The average molecular weight is 287 g/mol. The molecule has 18 heavy (non-hydrogen) atoms. The fourth-order valence-corrected chi connectivity index (χ4v) is 3.65. The first-order chi connectivity index (χ1) is 8.56. The van der Waals surface area contributed by atoms with Crippen LogP contribution in [0.3, 0.4) is 0 Å². The van der Waals surface area contributed by atoms with Crippen molar-refractivity contribution in [1.82, 2.24) is 10.6 Å². The van der Waals surface area contributed by atoms with Crippen molar-refractivity contribution in [3.05, 3.63) is 20.8 Å². The fourth-order valence-electron chi connectivity index (χ4n) is 2.30. The van der Waals surface area contributed by atoms with Crippen LogP contribution in [-0.2, 0) is 11.2 Å². The monoisotopic (exact) mass is 286 g/mol. The van der Waals surface area contributed by atoms with E-state index in [9.17, 15) is 4.79 Å². The van der Waals surface area contributed by atoms with E-state index in [1.807, 2.05) is 13.8 Å². The van der Waals surface area contributed by atoms with Gasteiger partial charge in [0, 0.05) is 29.9 Å². The molecule has 1 aromatic rings. The summed E-state index contributed by atoms with van der Waals surface area (Å²) in [6.45, 7) is 4.67. The van der Waals surface area contributed by atoms with Crippen LogP contribution in [0.25, 0.3) is 0 Å². The number of carbonyl (C=O) groups excluding carboxylic acids is 1. The van der Waals surface area contributed by atoms with Gasteiger partial charge < -0.3 is 10.6 Å². The molecular formula is C13H19ClN2OS. The molecule has 0 bridgehead atoms. The lowest BCUT2D eigenvalue weighted by molar-refractivity contribution is -0.121. The zero-order chi connectivity index (χ0) is 13.1. The molecule has 0 saturated heterocycles. The number of hydrogen-bond donors (Lipinski definition) is 2. The van der Waals surface area contributed by atoms with Crippen LogP contribution in [0.1, 0.15) is 43.2 Å². The van der Waals surface area contributed by atoms with Crippen LogP contribution in [0.5, 0.6) is 0 Å². The Bertz CT molecular complexity index is 431. The van der Waals surface area contributed by atoms with Crippen LogP contribution >= 0.6 is 22.9 Å². The number of rotatable bonds is 5. The van der Waals surface area contributed by atoms with Crippen LogP contribution < -0.4 is 10.6 Å². The lowest BCUT2D eigenvalue weighted by Crippen LogP contribution is -2.33. The first-order valence-electron chi connectivity index (χ1n) is 6.37. The molecule has 1 aliphatic rings. The lowest BCUT2D eigenvalue weighted by Gasteiger charge is -2.13. The van der Waals surface area contributed by atoms with Crippen molar-refractivity contribution in [2.75, 3.05) is 6.54 Å². The maximum Gasteiger partial charge on any atom is 0.221 e. The summed E-state index contributed by atoms with van der Waals surface area (Å²) < 4.78 is 0.865. The molecule has 5 heteroatoms. The van der Waals surface area contributed by atoms with Gasteiger partial charge in [-0.2, -0.15) is 0 Å². The number of thiophene rings is 1. The zero-order valence-electron chi connectivity index (χ0n) is 10.8. The SMILES string of the molecule is CC(C)NC(=O)CCNC1CCc2sc(Cl)cc21. The largest absolute Gasteiger partial charge is 0.354 e. The van der Waals surface area contributed by atoms with Gasteiger partial charge in [-0.05, 0) is 38.3 Å². The number of hydrogen-bond acceptors (Lipinski definition) is 3. The number of aryl methyl sites for hydroxylation is 1. The van der Waals surface area contributed by atoms with E-state index in [1.165, 1.54) is 10.4 Å². The minimum Gasteiger partial charge on any atom is -0.354 e. The van der Waals surface area contributed by atoms with E-state index in [2.05, 4.69) is 16.7 Å². The smallest absolute Gasteiger partial charge is 0.221 e. The third-order valence-electron chi connectivity index (χ3n) is 3.04. The highest BCUT2D eigenvalue weighted by Crippen LogP contribution is 2.39. The van der Waals surface area contributed by atoms with E-state index in [4.69, 9.17) is 11.6 Å². The Morgan fingerprint density at radius 1 is 1.61 bits per heavy atom. The van der Waals surface area contributed by atoms with Gasteiger partial charge in [-0.1, -0.05) is 11.6 Å². The van der Waals surface area contributed by atoms with Gasteiger partial charge in [0.1, 0.15) is 0 Å². The summed E-state index contributed by atoms with van der Waals surface area (Å²) in [6, 6.07) is 2.64. The van der Waals surface area contributed by atoms with E-state index < -0.39 is 0 Å². The third kappa shape index (κ3) is 3.46. The molecule has 0 fully saturated rings. The van der Waals surface area contributed by atoms with E-state index in [1.54, 1.807) is 11.3 Å². The Morgan fingerprint density at radius 3 is 3.11 bits per heavy atom. The summed E-state index contributed by atoms with van der Waals surface area (Å²) in [5.41, 5.74) is 1.33. The highest BCUT2D eigenvalue weighted by atomic mass is 35.5. The second-order valence-electron chi connectivity index (χ2n) is 4.95. The standard InChI is InChI=1S/C13H19ClN2OS/c1-8(2)16-13(17)5-6-15-10-3-4-11-9(10)7-12(14)18-11/h7-8,10,15H,3-6H2,1-2H3,(H,16,17). The Hall–Kier alpha value is -0.580. The molecule has 1 heterocycles. The summed E-state index contributed by atoms with van der Waals surface area (Å²) in [5.74, 6) is 0.110. The molecule has 1 unspecified atom stereocenters. The highest BCUT2D eigenvalue weighted by Gasteiger charge is 2.24. The average Bonchev–Trinajstić information content (AvgIpc) is 2.77. The Kier molecular flexibility index (Phi) is 4.65. The molecule has 0 spiro atoms. The minimum absolute atomic E-state index is 0.110. The molecule has 0 radical (unpaired) electrons. The zero-order valence-corrected chi connectivity index (χ0v) is 12.3. The maximum atomic E-state index is 11.5. The summed E-state index contributed by atoms with van der Waals surface area (Å²) in [4.78, 5) is 12.9. The van der Waals surface area contributed by atoms with Gasteiger partial charge in [-0.3, -0.25) is 4.79 Å². The number of nitrogens with one attached hydrogen (secondary N) is 2. The first kappa shape index (κ1) is 13.8. The molecule has 1 aromatic heterocycles. The number of carbonyl (C=O) groups is 1. The second-order valence-corrected chi connectivity index (χ2v) is 6.71. The normalized spacial score (nSPS) is 18.1.